The van der Waals surface area contributed by atoms with Crippen molar-refractivity contribution in [2.45, 2.75) is 24.6 Å². The van der Waals surface area contributed by atoms with E-state index >= 15 is 0 Å². The van der Waals surface area contributed by atoms with Crippen molar-refractivity contribution in [1.29, 1.82) is 5.26 Å². The van der Waals surface area contributed by atoms with Crippen LogP contribution in [0.1, 0.15) is 18.4 Å². The fourth-order valence-corrected chi connectivity index (χ4v) is 3.26. The van der Waals surface area contributed by atoms with E-state index in [2.05, 4.69) is 16.1 Å². The van der Waals surface area contributed by atoms with Crippen LogP contribution in [0, 0.1) is 11.3 Å². The van der Waals surface area contributed by atoms with E-state index in [0.29, 0.717) is 31.6 Å². The standard InChI is InChI=1S/C20H18F3N3O2/c21-20(22,23)28-17-8-6-16(7-9-17)25-18(27)26-12-10-19(14-24,11-13-26)15-4-2-1-3-5-15/h1-9H,10-13H2,(H,25,27). The van der Waals surface area contributed by atoms with Crippen molar-refractivity contribution in [3.63, 3.8) is 0 Å². The summed E-state index contributed by atoms with van der Waals surface area (Å²) in [5.74, 6) is -0.356. The number of rotatable bonds is 3. The number of nitriles is 1. The van der Waals surface area contributed by atoms with Crippen molar-refractivity contribution in [3.8, 4) is 11.8 Å². The molecule has 2 aromatic rings. The topological polar surface area (TPSA) is 65.4 Å². The zero-order chi connectivity index (χ0) is 20.2. The van der Waals surface area contributed by atoms with Crippen molar-refractivity contribution in [2.24, 2.45) is 0 Å². The molecule has 1 fully saturated rings. The van der Waals surface area contributed by atoms with Gasteiger partial charge in [0.2, 0.25) is 0 Å². The number of halogens is 3. The smallest absolute Gasteiger partial charge is 0.406 e. The van der Waals surface area contributed by atoms with Gasteiger partial charge in [-0.25, -0.2) is 4.79 Å². The molecule has 2 amide bonds. The molecule has 3 rings (SSSR count). The number of carbonyl (C=O) groups excluding carboxylic acids is 1. The quantitative estimate of drug-likeness (QED) is 0.829. The van der Waals surface area contributed by atoms with Crippen LogP contribution >= 0.6 is 0 Å². The maximum absolute atomic E-state index is 12.4. The van der Waals surface area contributed by atoms with Gasteiger partial charge in [-0.05, 0) is 42.7 Å². The lowest BCUT2D eigenvalue weighted by Crippen LogP contribution is -2.46. The first-order valence-corrected chi connectivity index (χ1v) is 8.70. The number of ether oxygens (including phenoxy) is 1. The number of alkyl halides is 3. The normalized spacial score (nSPS) is 16.1. The largest absolute Gasteiger partial charge is 0.573 e. The number of hydrogen-bond donors (Lipinski definition) is 1. The molecule has 8 heteroatoms. The molecular formula is C20H18F3N3O2. The molecule has 1 saturated heterocycles. The molecule has 0 unspecified atom stereocenters. The van der Waals surface area contributed by atoms with E-state index in [0.717, 1.165) is 17.7 Å². The zero-order valence-corrected chi connectivity index (χ0v) is 14.9. The molecule has 1 N–H and O–H groups in total. The van der Waals surface area contributed by atoms with Crippen LogP contribution in [-0.2, 0) is 5.41 Å². The maximum Gasteiger partial charge on any atom is 0.573 e. The zero-order valence-electron chi connectivity index (χ0n) is 14.9. The van der Waals surface area contributed by atoms with E-state index in [1.165, 1.54) is 12.1 Å². The molecular weight excluding hydrogens is 371 g/mol. The Bertz CT molecular complexity index is 853. The van der Waals surface area contributed by atoms with Crippen molar-refractivity contribution in [3.05, 3.63) is 60.2 Å². The van der Waals surface area contributed by atoms with E-state index in [-0.39, 0.29) is 11.8 Å². The number of anilines is 1. The third-order valence-corrected chi connectivity index (χ3v) is 4.78. The van der Waals surface area contributed by atoms with Crippen LogP contribution in [0.2, 0.25) is 0 Å². The van der Waals surface area contributed by atoms with Gasteiger partial charge >= 0.3 is 12.4 Å². The summed E-state index contributed by atoms with van der Waals surface area (Å²) in [6.07, 6.45) is -3.73. The summed E-state index contributed by atoms with van der Waals surface area (Å²) in [4.78, 5) is 14.0. The molecule has 0 aromatic heterocycles. The second-order valence-electron chi connectivity index (χ2n) is 6.55. The van der Waals surface area contributed by atoms with Gasteiger partial charge in [-0.2, -0.15) is 5.26 Å². The number of likely N-dealkylation sites (tertiary alicyclic amines) is 1. The Morgan fingerprint density at radius 1 is 1.07 bits per heavy atom. The van der Waals surface area contributed by atoms with E-state index in [1.54, 1.807) is 4.90 Å². The number of piperidine rings is 1. The Kier molecular flexibility index (Phi) is 5.45. The van der Waals surface area contributed by atoms with Gasteiger partial charge in [-0.1, -0.05) is 30.3 Å². The third-order valence-electron chi connectivity index (χ3n) is 4.78. The van der Waals surface area contributed by atoms with Gasteiger partial charge in [-0.3, -0.25) is 0 Å². The lowest BCUT2D eigenvalue weighted by atomic mass is 9.74. The molecule has 146 valence electrons. The number of nitrogens with one attached hydrogen (secondary N) is 1. The van der Waals surface area contributed by atoms with Gasteiger partial charge in [0, 0.05) is 18.8 Å². The molecule has 2 aromatic carbocycles. The van der Waals surface area contributed by atoms with Crippen molar-refractivity contribution < 1.29 is 22.7 Å². The summed E-state index contributed by atoms with van der Waals surface area (Å²) in [6.45, 7) is 0.813. The Morgan fingerprint density at radius 3 is 2.21 bits per heavy atom. The Morgan fingerprint density at radius 2 is 1.68 bits per heavy atom. The maximum atomic E-state index is 12.4. The number of benzene rings is 2. The Labute approximate surface area is 160 Å². The molecule has 5 nitrogen and oxygen atoms in total. The van der Waals surface area contributed by atoms with Crippen LogP contribution in [0.5, 0.6) is 5.75 Å². The minimum absolute atomic E-state index is 0.356. The molecule has 1 aliphatic heterocycles. The van der Waals surface area contributed by atoms with Gasteiger partial charge in [-0.15, -0.1) is 13.2 Å². The highest BCUT2D eigenvalue weighted by molar-refractivity contribution is 5.89. The SMILES string of the molecule is N#CC1(c2ccccc2)CCN(C(=O)Nc2ccc(OC(F)(F)F)cc2)CC1. The molecule has 0 saturated carbocycles. The van der Waals surface area contributed by atoms with Crippen molar-refractivity contribution >= 4 is 11.7 Å². The van der Waals surface area contributed by atoms with Crippen LogP contribution in [0.3, 0.4) is 0 Å². The average molecular weight is 389 g/mol. The van der Waals surface area contributed by atoms with Gasteiger partial charge < -0.3 is 15.0 Å². The van der Waals surface area contributed by atoms with Crippen LogP contribution in [0.25, 0.3) is 0 Å². The molecule has 0 atom stereocenters. The fourth-order valence-electron chi connectivity index (χ4n) is 3.26. The predicted octanol–water partition coefficient (Wildman–Crippen LogP) is 4.67. The number of nitrogens with zero attached hydrogens (tertiary/aromatic N) is 2. The van der Waals surface area contributed by atoms with Gasteiger partial charge in [0.1, 0.15) is 5.75 Å². The first-order valence-electron chi connectivity index (χ1n) is 8.70. The van der Waals surface area contributed by atoms with E-state index in [9.17, 15) is 23.2 Å². The first-order chi connectivity index (χ1) is 13.3. The van der Waals surface area contributed by atoms with E-state index in [1.807, 2.05) is 30.3 Å². The Balaban J connectivity index is 1.59. The second kappa shape index (κ2) is 7.80. The molecule has 0 aliphatic carbocycles. The van der Waals surface area contributed by atoms with Crippen molar-refractivity contribution in [1.82, 2.24) is 4.90 Å². The monoisotopic (exact) mass is 389 g/mol. The summed E-state index contributed by atoms with van der Waals surface area (Å²) in [5.41, 5.74) is 0.687. The molecule has 28 heavy (non-hydrogen) atoms. The highest BCUT2D eigenvalue weighted by Gasteiger charge is 2.37. The lowest BCUT2D eigenvalue weighted by Gasteiger charge is -2.37. The van der Waals surface area contributed by atoms with Gasteiger partial charge in [0.25, 0.3) is 0 Å². The Hall–Kier alpha value is -3.21. The summed E-state index contributed by atoms with van der Waals surface area (Å²) < 4.78 is 40.4. The minimum Gasteiger partial charge on any atom is -0.406 e. The minimum atomic E-state index is -4.76. The highest BCUT2D eigenvalue weighted by Crippen LogP contribution is 2.35. The number of hydrogen-bond acceptors (Lipinski definition) is 3. The van der Waals surface area contributed by atoms with Crippen LogP contribution < -0.4 is 10.1 Å². The molecule has 1 heterocycles. The van der Waals surface area contributed by atoms with Crippen LogP contribution in [0.4, 0.5) is 23.7 Å². The van der Waals surface area contributed by atoms with Crippen LogP contribution in [0.15, 0.2) is 54.6 Å². The summed E-state index contributed by atoms with van der Waals surface area (Å²) in [5, 5.41) is 12.4. The second-order valence-corrected chi connectivity index (χ2v) is 6.55. The first kappa shape index (κ1) is 19.5. The highest BCUT2D eigenvalue weighted by atomic mass is 19.4. The molecule has 0 spiro atoms. The number of amides is 2. The fraction of sp³-hybridized carbons (Fsp3) is 0.300. The third kappa shape index (κ3) is 4.55. The van der Waals surface area contributed by atoms with E-state index < -0.39 is 11.8 Å². The molecule has 0 bridgehead atoms. The van der Waals surface area contributed by atoms with Crippen molar-refractivity contribution in [2.75, 3.05) is 18.4 Å². The van der Waals surface area contributed by atoms with Gasteiger partial charge in [0.15, 0.2) is 0 Å². The van der Waals surface area contributed by atoms with E-state index in [4.69, 9.17) is 0 Å². The summed E-state index contributed by atoms with van der Waals surface area (Å²) in [6, 6.07) is 16.5. The molecule has 1 aliphatic rings. The number of carbonyl (C=O) groups is 1. The lowest BCUT2D eigenvalue weighted by molar-refractivity contribution is -0.274. The summed E-state index contributed by atoms with van der Waals surface area (Å²) >= 11 is 0. The average Bonchev–Trinajstić information content (AvgIpc) is 2.69. The van der Waals surface area contributed by atoms with Gasteiger partial charge in [0.05, 0.1) is 11.5 Å². The predicted molar refractivity (Wildman–Crippen MR) is 96.7 cm³/mol. The molecule has 0 radical (unpaired) electrons. The van der Waals surface area contributed by atoms with Crippen LogP contribution in [-0.4, -0.2) is 30.4 Å². The number of urea groups is 1. The summed E-state index contributed by atoms with van der Waals surface area (Å²) in [7, 11) is 0.